The van der Waals surface area contributed by atoms with Crippen LogP contribution in [-0.2, 0) is 0 Å². The molecular weight excluding hydrogens is 271 g/mol. The third-order valence-corrected chi connectivity index (χ3v) is 4.44. The molecule has 0 spiro atoms. The van der Waals surface area contributed by atoms with Gasteiger partial charge in [0, 0.05) is 6.54 Å². The normalized spacial score (nSPS) is 17.1. The van der Waals surface area contributed by atoms with E-state index in [1.165, 1.54) is 25.7 Å². The van der Waals surface area contributed by atoms with Gasteiger partial charge in [-0.2, -0.15) is 0 Å². The molecule has 0 bridgehead atoms. The average Bonchev–Trinajstić information content (AvgIpc) is 2.30. The van der Waals surface area contributed by atoms with Crippen LogP contribution in [0.3, 0.4) is 0 Å². The van der Waals surface area contributed by atoms with Crippen molar-refractivity contribution in [1.29, 1.82) is 0 Å². The van der Waals surface area contributed by atoms with Crippen LogP contribution in [0.4, 0.5) is 11.6 Å². The minimum absolute atomic E-state index is 0.404. The molecule has 18 heavy (non-hydrogen) atoms. The summed E-state index contributed by atoms with van der Waals surface area (Å²) in [4.78, 5) is 4.27. The third-order valence-electron chi connectivity index (χ3n) is 3.86. The monoisotopic (exact) mass is 288 g/mol. The van der Waals surface area contributed by atoms with E-state index in [1.807, 2.05) is 0 Å². The van der Waals surface area contributed by atoms with Gasteiger partial charge >= 0.3 is 0 Å². The van der Waals surface area contributed by atoms with Crippen LogP contribution in [0.15, 0.2) is 6.07 Å². The smallest absolute Gasteiger partial charge is 0.161 e. The lowest BCUT2D eigenvalue weighted by Crippen LogP contribution is -2.36. The third kappa shape index (κ3) is 2.66. The van der Waals surface area contributed by atoms with Gasteiger partial charge in [-0.3, -0.25) is 0 Å². The predicted molar refractivity (Wildman–Crippen MR) is 77.1 cm³/mol. The highest BCUT2D eigenvalue weighted by Gasteiger charge is 2.34. The van der Waals surface area contributed by atoms with E-state index in [1.54, 1.807) is 6.07 Å². The number of nitrogen functional groups attached to an aromatic ring is 1. The van der Waals surface area contributed by atoms with Gasteiger partial charge in [-0.1, -0.05) is 36.5 Å². The van der Waals surface area contributed by atoms with Gasteiger partial charge in [0.15, 0.2) is 5.82 Å². The molecule has 0 aliphatic heterocycles. The van der Waals surface area contributed by atoms with Crippen molar-refractivity contribution in [3.63, 3.8) is 0 Å². The van der Waals surface area contributed by atoms with E-state index in [9.17, 15) is 0 Å². The van der Waals surface area contributed by atoms with E-state index in [-0.39, 0.29) is 0 Å². The number of aromatic nitrogens is 1. The standard InChI is InChI=1S/C12H18Cl2N4/c1-2-12(4-3-5-12)7-16-10-8(13)6-9(14)11(17-10)18-15/h6H,2-5,7,15H2,1H3,(H2,16,17,18). The zero-order chi connectivity index (χ0) is 13.2. The molecule has 1 heterocycles. The van der Waals surface area contributed by atoms with Gasteiger partial charge in [-0.15, -0.1) is 0 Å². The first-order valence-corrected chi connectivity index (χ1v) is 6.92. The van der Waals surface area contributed by atoms with Gasteiger partial charge in [0.2, 0.25) is 0 Å². The maximum absolute atomic E-state index is 6.11. The predicted octanol–water partition coefficient (Wildman–Crippen LogP) is 3.67. The SMILES string of the molecule is CCC1(CNc2nc(NN)c(Cl)cc2Cl)CCC1. The molecule has 1 fully saturated rings. The van der Waals surface area contributed by atoms with Crippen molar-refractivity contribution in [3.05, 3.63) is 16.1 Å². The first kappa shape index (κ1) is 13.7. The van der Waals surface area contributed by atoms with Crippen LogP contribution in [0.5, 0.6) is 0 Å². The highest BCUT2D eigenvalue weighted by Crippen LogP contribution is 2.44. The summed E-state index contributed by atoms with van der Waals surface area (Å²) < 4.78 is 0. The van der Waals surface area contributed by atoms with Crippen molar-refractivity contribution in [2.24, 2.45) is 11.3 Å². The van der Waals surface area contributed by atoms with Crippen LogP contribution < -0.4 is 16.6 Å². The Hall–Kier alpha value is -0.710. The number of nitrogens with zero attached hydrogens (tertiary/aromatic N) is 1. The molecule has 0 atom stereocenters. The van der Waals surface area contributed by atoms with Crippen molar-refractivity contribution >= 4 is 34.8 Å². The number of hydrogen-bond acceptors (Lipinski definition) is 4. The lowest BCUT2D eigenvalue weighted by molar-refractivity contribution is 0.145. The molecule has 6 heteroatoms. The lowest BCUT2D eigenvalue weighted by atomic mass is 9.67. The largest absolute Gasteiger partial charge is 0.368 e. The lowest BCUT2D eigenvalue weighted by Gasteiger charge is -2.41. The molecular formula is C12H18Cl2N4. The highest BCUT2D eigenvalue weighted by atomic mass is 35.5. The number of anilines is 2. The van der Waals surface area contributed by atoms with Crippen LogP contribution in [0.2, 0.25) is 10.0 Å². The van der Waals surface area contributed by atoms with Crippen LogP contribution in [0, 0.1) is 5.41 Å². The summed E-state index contributed by atoms with van der Waals surface area (Å²) in [6.45, 7) is 3.12. The molecule has 0 aromatic carbocycles. The van der Waals surface area contributed by atoms with Crippen LogP contribution in [0.25, 0.3) is 0 Å². The Morgan fingerprint density at radius 1 is 1.33 bits per heavy atom. The summed E-state index contributed by atoms with van der Waals surface area (Å²) in [7, 11) is 0. The number of nitrogens with one attached hydrogen (secondary N) is 2. The Kier molecular flexibility index (Phi) is 4.20. The molecule has 2 rings (SSSR count). The Bertz CT molecular complexity index is 427. The van der Waals surface area contributed by atoms with Crippen molar-refractivity contribution in [1.82, 2.24) is 4.98 Å². The van der Waals surface area contributed by atoms with Gasteiger partial charge < -0.3 is 10.7 Å². The van der Waals surface area contributed by atoms with Crippen molar-refractivity contribution in [2.75, 3.05) is 17.3 Å². The number of hydrazine groups is 1. The van der Waals surface area contributed by atoms with Gasteiger partial charge in [0.25, 0.3) is 0 Å². The van der Waals surface area contributed by atoms with E-state index in [0.29, 0.717) is 27.1 Å². The van der Waals surface area contributed by atoms with Gasteiger partial charge in [0.05, 0.1) is 10.0 Å². The summed E-state index contributed by atoms with van der Waals surface area (Å²) in [5.74, 6) is 6.41. The maximum atomic E-state index is 6.11. The fourth-order valence-corrected chi connectivity index (χ4v) is 2.78. The molecule has 1 saturated carbocycles. The van der Waals surface area contributed by atoms with E-state index in [0.717, 1.165) is 6.54 Å². The zero-order valence-electron chi connectivity index (χ0n) is 10.4. The molecule has 0 unspecified atom stereocenters. The summed E-state index contributed by atoms with van der Waals surface area (Å²) in [6, 6.07) is 1.65. The Morgan fingerprint density at radius 2 is 2.00 bits per heavy atom. The maximum Gasteiger partial charge on any atom is 0.161 e. The Labute approximate surface area is 117 Å². The molecule has 0 amide bonds. The summed E-state index contributed by atoms with van der Waals surface area (Å²) >= 11 is 12.1. The van der Waals surface area contributed by atoms with Gasteiger partial charge in [0.1, 0.15) is 5.82 Å². The highest BCUT2D eigenvalue weighted by molar-refractivity contribution is 6.37. The molecule has 0 radical (unpaired) electrons. The molecule has 1 aromatic heterocycles. The number of nitrogens with two attached hydrogens (primary N) is 1. The number of hydrogen-bond donors (Lipinski definition) is 3. The fraction of sp³-hybridized carbons (Fsp3) is 0.583. The second kappa shape index (κ2) is 5.51. The summed E-state index contributed by atoms with van der Waals surface area (Å²) in [6.07, 6.45) is 5.02. The number of rotatable bonds is 5. The zero-order valence-corrected chi connectivity index (χ0v) is 11.9. The van der Waals surface area contributed by atoms with E-state index in [4.69, 9.17) is 29.0 Å². The van der Waals surface area contributed by atoms with Gasteiger partial charge in [-0.25, -0.2) is 10.8 Å². The van der Waals surface area contributed by atoms with Crippen LogP contribution in [0.1, 0.15) is 32.6 Å². The summed E-state index contributed by atoms with van der Waals surface area (Å²) in [5, 5.41) is 4.25. The number of halogens is 2. The van der Waals surface area contributed by atoms with E-state index >= 15 is 0 Å². The van der Waals surface area contributed by atoms with Crippen molar-refractivity contribution in [2.45, 2.75) is 32.6 Å². The first-order chi connectivity index (χ1) is 8.60. The fourth-order valence-electron chi connectivity index (χ4n) is 2.30. The van der Waals surface area contributed by atoms with Crippen LogP contribution in [-0.4, -0.2) is 11.5 Å². The minimum Gasteiger partial charge on any atom is -0.368 e. The van der Waals surface area contributed by atoms with Crippen molar-refractivity contribution in [3.8, 4) is 0 Å². The minimum atomic E-state index is 0.404. The second-order valence-corrected chi connectivity index (χ2v) is 5.67. The van der Waals surface area contributed by atoms with Crippen molar-refractivity contribution < 1.29 is 0 Å². The first-order valence-electron chi connectivity index (χ1n) is 6.17. The van der Waals surface area contributed by atoms with E-state index in [2.05, 4.69) is 22.7 Å². The Morgan fingerprint density at radius 3 is 2.50 bits per heavy atom. The molecule has 1 aliphatic rings. The molecule has 4 nitrogen and oxygen atoms in total. The molecule has 1 aromatic rings. The average molecular weight is 289 g/mol. The molecule has 1 aliphatic carbocycles. The Balaban J connectivity index is 2.09. The molecule has 100 valence electrons. The van der Waals surface area contributed by atoms with Crippen LogP contribution >= 0.6 is 23.2 Å². The van der Waals surface area contributed by atoms with Gasteiger partial charge in [-0.05, 0) is 30.7 Å². The quantitative estimate of drug-likeness (QED) is 0.571. The topological polar surface area (TPSA) is 63.0 Å². The second-order valence-electron chi connectivity index (χ2n) is 4.85. The number of pyridine rings is 1. The summed E-state index contributed by atoms with van der Waals surface area (Å²) in [5.41, 5.74) is 2.86. The molecule has 4 N–H and O–H groups in total. The van der Waals surface area contributed by atoms with E-state index < -0.39 is 0 Å². The molecule has 0 saturated heterocycles.